The molecule has 162 valence electrons. The zero-order valence-electron chi connectivity index (χ0n) is 17.8. The van der Waals surface area contributed by atoms with Gasteiger partial charge in [0.15, 0.2) is 10.9 Å². The first-order valence-electron chi connectivity index (χ1n) is 10.3. The van der Waals surface area contributed by atoms with E-state index >= 15 is 0 Å². The number of rotatable bonds is 7. The number of aromatic nitrogens is 2. The topological polar surface area (TPSA) is 73.2 Å². The van der Waals surface area contributed by atoms with E-state index in [2.05, 4.69) is 10.3 Å². The molecule has 0 fully saturated rings. The molecule has 1 aromatic heterocycles. The number of hydrogen-bond donors (Lipinski definition) is 1. The minimum absolute atomic E-state index is 0.0786. The molecular weight excluding hydrogens is 422 g/mol. The number of benzene rings is 3. The van der Waals surface area contributed by atoms with E-state index in [-0.39, 0.29) is 23.3 Å². The lowest BCUT2D eigenvalue weighted by molar-refractivity contribution is -0.113. The highest BCUT2D eigenvalue weighted by atomic mass is 32.2. The van der Waals surface area contributed by atoms with Crippen LogP contribution in [0.15, 0.2) is 88.8 Å². The Labute approximate surface area is 190 Å². The molecule has 0 aliphatic rings. The van der Waals surface area contributed by atoms with Crippen molar-refractivity contribution < 1.29 is 9.53 Å². The van der Waals surface area contributed by atoms with Gasteiger partial charge in [0, 0.05) is 6.04 Å². The van der Waals surface area contributed by atoms with Gasteiger partial charge in [0.2, 0.25) is 5.91 Å². The predicted molar refractivity (Wildman–Crippen MR) is 129 cm³/mol. The monoisotopic (exact) mass is 445 g/mol. The van der Waals surface area contributed by atoms with E-state index in [0.29, 0.717) is 33.2 Å². The van der Waals surface area contributed by atoms with Crippen molar-refractivity contribution in [3.05, 3.63) is 89.2 Å². The van der Waals surface area contributed by atoms with Gasteiger partial charge in [-0.25, -0.2) is 4.98 Å². The third-order valence-corrected chi connectivity index (χ3v) is 5.71. The van der Waals surface area contributed by atoms with Crippen LogP contribution in [-0.4, -0.2) is 21.2 Å². The number of nitrogens with one attached hydrogen (secondary N) is 1. The van der Waals surface area contributed by atoms with Crippen LogP contribution in [0.2, 0.25) is 0 Å². The molecule has 1 heterocycles. The van der Waals surface area contributed by atoms with Crippen molar-refractivity contribution in [3.63, 3.8) is 0 Å². The Morgan fingerprint density at radius 2 is 1.69 bits per heavy atom. The number of para-hydroxylation sites is 4. The summed E-state index contributed by atoms with van der Waals surface area (Å²) < 4.78 is 7.54. The highest BCUT2D eigenvalue weighted by Crippen LogP contribution is 2.29. The van der Waals surface area contributed by atoms with Crippen LogP contribution in [0, 0.1) is 0 Å². The summed E-state index contributed by atoms with van der Waals surface area (Å²) in [6, 6.07) is 23.8. The zero-order valence-corrected chi connectivity index (χ0v) is 18.6. The molecule has 0 spiro atoms. The summed E-state index contributed by atoms with van der Waals surface area (Å²) in [7, 11) is 0. The molecule has 0 unspecified atom stereocenters. The largest absolute Gasteiger partial charge is 0.455 e. The van der Waals surface area contributed by atoms with E-state index in [4.69, 9.17) is 4.74 Å². The van der Waals surface area contributed by atoms with E-state index in [9.17, 15) is 9.59 Å². The molecular formula is C25H23N3O3S. The third-order valence-electron chi connectivity index (χ3n) is 4.76. The second-order valence-electron chi connectivity index (χ2n) is 7.43. The van der Waals surface area contributed by atoms with E-state index in [1.165, 1.54) is 11.8 Å². The molecule has 4 aromatic rings. The van der Waals surface area contributed by atoms with Crippen molar-refractivity contribution >= 4 is 34.3 Å². The summed E-state index contributed by atoms with van der Waals surface area (Å²) in [6.45, 7) is 3.86. The molecule has 32 heavy (non-hydrogen) atoms. The molecule has 0 radical (unpaired) electrons. The third kappa shape index (κ3) is 4.84. The highest BCUT2D eigenvalue weighted by molar-refractivity contribution is 7.99. The van der Waals surface area contributed by atoms with Crippen LogP contribution in [0.1, 0.15) is 19.9 Å². The normalized spacial score (nSPS) is 11.0. The maximum Gasteiger partial charge on any atom is 0.262 e. The molecule has 0 aliphatic heterocycles. The first kappa shape index (κ1) is 21.6. The molecule has 0 bridgehead atoms. The van der Waals surface area contributed by atoms with Crippen LogP contribution in [0.5, 0.6) is 11.5 Å². The van der Waals surface area contributed by atoms with Crippen molar-refractivity contribution in [2.45, 2.75) is 25.0 Å². The van der Waals surface area contributed by atoms with Crippen LogP contribution >= 0.6 is 11.8 Å². The standard InChI is InChI=1S/C25H23N3O3S/c1-17(2)28-24(30)19-12-6-7-13-20(19)27-25(28)32-16-23(29)26-21-14-8-9-15-22(21)31-18-10-4-3-5-11-18/h3-15,17H,16H2,1-2H3,(H,26,29). The minimum atomic E-state index is -0.211. The van der Waals surface area contributed by atoms with Crippen molar-refractivity contribution in [3.8, 4) is 11.5 Å². The zero-order chi connectivity index (χ0) is 22.5. The summed E-state index contributed by atoms with van der Waals surface area (Å²) in [5, 5.41) is 3.99. The molecule has 0 aliphatic carbocycles. The van der Waals surface area contributed by atoms with Crippen LogP contribution in [-0.2, 0) is 4.79 Å². The molecule has 1 amide bonds. The van der Waals surface area contributed by atoms with Crippen molar-refractivity contribution in [2.75, 3.05) is 11.1 Å². The average molecular weight is 446 g/mol. The second kappa shape index (κ2) is 9.70. The number of nitrogens with zero attached hydrogens (tertiary/aromatic N) is 2. The number of anilines is 1. The van der Waals surface area contributed by atoms with Crippen molar-refractivity contribution in [2.24, 2.45) is 0 Å². The molecule has 0 atom stereocenters. The number of hydrogen-bond acceptors (Lipinski definition) is 5. The van der Waals surface area contributed by atoms with E-state index in [1.807, 2.05) is 74.5 Å². The first-order chi connectivity index (χ1) is 15.5. The van der Waals surface area contributed by atoms with Crippen molar-refractivity contribution in [1.29, 1.82) is 0 Å². The molecule has 4 rings (SSSR count). The van der Waals surface area contributed by atoms with Crippen LogP contribution in [0.4, 0.5) is 5.69 Å². The van der Waals surface area contributed by atoms with Crippen LogP contribution in [0.25, 0.3) is 10.9 Å². The Kier molecular flexibility index (Phi) is 6.56. The predicted octanol–water partition coefficient (Wildman–Crippen LogP) is 5.50. The summed E-state index contributed by atoms with van der Waals surface area (Å²) in [4.78, 5) is 30.3. The van der Waals surface area contributed by atoms with Gasteiger partial charge in [0.05, 0.1) is 22.3 Å². The number of thioether (sulfide) groups is 1. The number of amides is 1. The van der Waals surface area contributed by atoms with E-state index in [1.54, 1.807) is 22.8 Å². The lowest BCUT2D eigenvalue weighted by Crippen LogP contribution is -2.25. The highest BCUT2D eigenvalue weighted by Gasteiger charge is 2.16. The maximum atomic E-state index is 12.9. The molecule has 6 nitrogen and oxygen atoms in total. The van der Waals surface area contributed by atoms with Gasteiger partial charge < -0.3 is 10.1 Å². The van der Waals surface area contributed by atoms with E-state index < -0.39 is 0 Å². The summed E-state index contributed by atoms with van der Waals surface area (Å²) in [5.74, 6) is 1.14. The first-order valence-corrected chi connectivity index (χ1v) is 11.3. The Bertz CT molecular complexity index is 1300. The number of carbonyl (C=O) groups is 1. The number of fused-ring (bicyclic) bond motifs is 1. The van der Waals surface area contributed by atoms with Gasteiger partial charge in [-0.2, -0.15) is 0 Å². The van der Waals surface area contributed by atoms with Gasteiger partial charge in [-0.3, -0.25) is 14.2 Å². The van der Waals surface area contributed by atoms with Crippen molar-refractivity contribution in [1.82, 2.24) is 9.55 Å². The Morgan fingerprint density at radius 1 is 1.00 bits per heavy atom. The summed E-state index contributed by atoms with van der Waals surface area (Å²) in [5.41, 5.74) is 1.10. The Hall–Kier alpha value is -3.58. The number of carbonyl (C=O) groups excluding carboxylic acids is 1. The fourth-order valence-corrected chi connectivity index (χ4v) is 4.20. The van der Waals surface area contributed by atoms with Crippen LogP contribution < -0.4 is 15.6 Å². The molecule has 1 N–H and O–H groups in total. The molecule has 3 aromatic carbocycles. The maximum absolute atomic E-state index is 12.9. The average Bonchev–Trinajstić information content (AvgIpc) is 2.79. The van der Waals surface area contributed by atoms with Gasteiger partial charge in [-0.1, -0.05) is 54.2 Å². The fourth-order valence-electron chi connectivity index (χ4n) is 3.27. The molecule has 7 heteroatoms. The SMILES string of the molecule is CC(C)n1c(SCC(=O)Nc2ccccc2Oc2ccccc2)nc2ccccc2c1=O. The van der Waals surface area contributed by atoms with Gasteiger partial charge in [-0.15, -0.1) is 0 Å². The minimum Gasteiger partial charge on any atom is -0.455 e. The lowest BCUT2D eigenvalue weighted by Gasteiger charge is -2.16. The Morgan fingerprint density at radius 3 is 2.47 bits per heavy atom. The second-order valence-corrected chi connectivity index (χ2v) is 8.37. The molecule has 0 saturated carbocycles. The van der Waals surface area contributed by atoms with Gasteiger partial charge in [0.1, 0.15) is 5.75 Å². The quantitative estimate of drug-likeness (QED) is 0.300. The lowest BCUT2D eigenvalue weighted by atomic mass is 10.2. The Balaban J connectivity index is 1.51. The van der Waals surface area contributed by atoms with Gasteiger partial charge >= 0.3 is 0 Å². The van der Waals surface area contributed by atoms with E-state index in [0.717, 1.165) is 0 Å². The van der Waals surface area contributed by atoms with Crippen LogP contribution in [0.3, 0.4) is 0 Å². The van der Waals surface area contributed by atoms with Gasteiger partial charge in [-0.05, 0) is 50.2 Å². The summed E-state index contributed by atoms with van der Waals surface area (Å²) in [6.07, 6.45) is 0. The summed E-state index contributed by atoms with van der Waals surface area (Å²) >= 11 is 1.24. The fraction of sp³-hybridized carbons (Fsp3) is 0.160. The number of ether oxygens (including phenoxy) is 1. The smallest absolute Gasteiger partial charge is 0.262 e. The molecule has 0 saturated heterocycles. The van der Waals surface area contributed by atoms with Gasteiger partial charge in [0.25, 0.3) is 5.56 Å².